The number of aromatic nitrogens is 3. The van der Waals surface area contributed by atoms with E-state index in [1.54, 1.807) is 26.0 Å². The predicted molar refractivity (Wildman–Crippen MR) is 150 cm³/mol. The molecular weight excluding hydrogens is 543 g/mol. The van der Waals surface area contributed by atoms with Crippen LogP contribution < -0.4 is 10.1 Å². The van der Waals surface area contributed by atoms with Gasteiger partial charge in [0.2, 0.25) is 5.91 Å². The second kappa shape index (κ2) is 13.4. The molecule has 2 aromatic heterocycles. The quantitative estimate of drug-likeness (QED) is 0.371. The summed E-state index contributed by atoms with van der Waals surface area (Å²) in [5, 5.41) is 13.4. The van der Waals surface area contributed by atoms with Crippen molar-refractivity contribution in [1.29, 1.82) is 0 Å². The highest BCUT2D eigenvalue weighted by molar-refractivity contribution is 5.92. The van der Waals surface area contributed by atoms with Crippen molar-refractivity contribution in [2.75, 3.05) is 32.7 Å². The average molecular weight is 581 g/mol. The number of nitrogens with one attached hydrogen (secondary N) is 1. The number of hydrogen-bond donors (Lipinski definition) is 2. The minimum atomic E-state index is -0.805. The van der Waals surface area contributed by atoms with E-state index in [4.69, 9.17) is 9.15 Å². The number of likely N-dealkylation sites (tertiary alicyclic amines) is 1. The first-order chi connectivity index (χ1) is 20.2. The molecule has 1 aromatic carbocycles. The lowest BCUT2D eigenvalue weighted by Crippen LogP contribution is -2.42. The molecule has 5 rings (SSSR count). The third-order valence-electron chi connectivity index (χ3n) is 8.03. The van der Waals surface area contributed by atoms with Gasteiger partial charge in [-0.2, -0.15) is 0 Å². The van der Waals surface area contributed by atoms with Crippen molar-refractivity contribution in [2.24, 2.45) is 5.92 Å². The standard InChI is InChI=1S/C30H37FN6O5/c1-19-29(42-18-35-19)16-41-28-11-22-5-6-36(14-23(22)10-26(28)31)15-25(39)13-32-30(40)27-12-24(33-17-34-27)9-21-3-7-37(8-4-21)20(2)38/h10-12,17-18,21,25,39H,3-9,13-16H2,1-2H3,(H,32,40)/t25-/m0/s1. The van der Waals surface area contributed by atoms with Gasteiger partial charge >= 0.3 is 0 Å². The van der Waals surface area contributed by atoms with E-state index in [0.717, 1.165) is 49.2 Å². The number of rotatable bonds is 10. The van der Waals surface area contributed by atoms with Crippen molar-refractivity contribution < 1.29 is 28.2 Å². The number of fused-ring (bicyclic) bond motifs is 1. The van der Waals surface area contributed by atoms with Crippen LogP contribution in [-0.2, 0) is 30.8 Å². The van der Waals surface area contributed by atoms with Gasteiger partial charge in [-0.05, 0) is 67.9 Å². The molecule has 1 atom stereocenters. The van der Waals surface area contributed by atoms with Crippen LogP contribution in [-0.4, -0.2) is 80.5 Å². The molecule has 0 saturated carbocycles. The maximum absolute atomic E-state index is 14.8. The van der Waals surface area contributed by atoms with E-state index in [1.807, 2.05) is 9.80 Å². The van der Waals surface area contributed by atoms with Gasteiger partial charge in [0.25, 0.3) is 5.91 Å². The Kier molecular flexibility index (Phi) is 9.43. The Hall–Kier alpha value is -3.90. The number of β-amino-alcohol motifs (C(OH)–C–C–N with tert-alkyl or cyclic N) is 1. The normalized spacial score (nSPS) is 16.6. The first kappa shape index (κ1) is 29.6. The lowest BCUT2D eigenvalue weighted by molar-refractivity contribution is -0.130. The Morgan fingerprint density at radius 2 is 1.98 bits per heavy atom. The van der Waals surface area contributed by atoms with Crippen molar-refractivity contribution in [3.8, 4) is 5.75 Å². The predicted octanol–water partition coefficient (Wildman–Crippen LogP) is 2.44. The topological polar surface area (TPSA) is 134 Å². The molecule has 0 radical (unpaired) electrons. The molecule has 2 aliphatic rings. The number of carbonyl (C=O) groups excluding carboxylic acids is 2. The maximum Gasteiger partial charge on any atom is 0.270 e. The molecule has 0 spiro atoms. The third-order valence-corrected chi connectivity index (χ3v) is 8.03. The van der Waals surface area contributed by atoms with E-state index in [2.05, 4.69) is 20.3 Å². The van der Waals surface area contributed by atoms with Gasteiger partial charge in [-0.25, -0.2) is 19.3 Å². The summed E-state index contributed by atoms with van der Waals surface area (Å²) in [5.41, 5.74) is 3.60. The van der Waals surface area contributed by atoms with Crippen molar-refractivity contribution in [1.82, 2.24) is 30.1 Å². The number of nitrogens with zero attached hydrogens (tertiary/aromatic N) is 5. The molecule has 2 aliphatic heterocycles. The molecule has 11 nitrogen and oxygen atoms in total. The second-order valence-corrected chi connectivity index (χ2v) is 11.1. The molecular formula is C30H37FN6O5. The van der Waals surface area contributed by atoms with Gasteiger partial charge in [0.1, 0.15) is 18.6 Å². The number of carbonyl (C=O) groups is 2. The number of benzene rings is 1. The Morgan fingerprint density at radius 3 is 2.71 bits per heavy atom. The highest BCUT2D eigenvalue weighted by Crippen LogP contribution is 2.28. The van der Waals surface area contributed by atoms with E-state index < -0.39 is 11.9 Å². The van der Waals surface area contributed by atoms with Crippen LogP contribution in [0.25, 0.3) is 0 Å². The van der Waals surface area contributed by atoms with Crippen LogP contribution in [0.3, 0.4) is 0 Å². The summed E-state index contributed by atoms with van der Waals surface area (Å²) in [5.74, 6) is 0.410. The van der Waals surface area contributed by atoms with Crippen molar-refractivity contribution in [3.63, 3.8) is 0 Å². The monoisotopic (exact) mass is 580 g/mol. The molecule has 2 N–H and O–H groups in total. The van der Waals surface area contributed by atoms with Crippen LogP contribution in [0, 0.1) is 18.7 Å². The summed E-state index contributed by atoms with van der Waals surface area (Å²) in [6.07, 6.45) is 5.14. The van der Waals surface area contributed by atoms with Gasteiger partial charge in [-0.15, -0.1) is 0 Å². The summed E-state index contributed by atoms with van der Waals surface area (Å²) in [7, 11) is 0. The van der Waals surface area contributed by atoms with Crippen LogP contribution >= 0.6 is 0 Å². The summed E-state index contributed by atoms with van der Waals surface area (Å²) >= 11 is 0. The minimum Gasteiger partial charge on any atom is -0.482 e. The molecule has 4 heterocycles. The van der Waals surface area contributed by atoms with Crippen LogP contribution in [0.15, 0.2) is 35.3 Å². The van der Waals surface area contributed by atoms with E-state index in [0.29, 0.717) is 43.4 Å². The molecule has 3 aromatic rings. The zero-order valence-corrected chi connectivity index (χ0v) is 24.0. The number of ether oxygens (including phenoxy) is 1. The van der Waals surface area contributed by atoms with Crippen LogP contribution in [0.4, 0.5) is 4.39 Å². The maximum atomic E-state index is 14.8. The molecule has 0 unspecified atom stereocenters. The van der Waals surface area contributed by atoms with E-state index in [-0.39, 0.29) is 36.4 Å². The lowest BCUT2D eigenvalue weighted by atomic mass is 9.92. The third kappa shape index (κ3) is 7.48. The molecule has 2 amide bonds. The van der Waals surface area contributed by atoms with Gasteiger partial charge in [-0.1, -0.05) is 0 Å². The number of aliphatic hydroxyl groups is 1. The molecule has 0 aliphatic carbocycles. The molecule has 1 fully saturated rings. The van der Waals surface area contributed by atoms with Crippen molar-refractivity contribution >= 4 is 11.8 Å². The molecule has 0 bridgehead atoms. The molecule has 42 heavy (non-hydrogen) atoms. The first-order valence-electron chi connectivity index (χ1n) is 14.3. The fourth-order valence-corrected chi connectivity index (χ4v) is 5.53. The average Bonchev–Trinajstić information content (AvgIpc) is 3.39. The number of oxazole rings is 1. The zero-order chi connectivity index (χ0) is 29.6. The first-order valence-corrected chi connectivity index (χ1v) is 14.3. The van der Waals surface area contributed by atoms with Crippen molar-refractivity contribution in [2.45, 2.75) is 58.8 Å². The smallest absolute Gasteiger partial charge is 0.270 e. The largest absolute Gasteiger partial charge is 0.482 e. The minimum absolute atomic E-state index is 0.0627. The van der Waals surface area contributed by atoms with Crippen LogP contribution in [0.2, 0.25) is 0 Å². The Bertz CT molecular complexity index is 1410. The summed E-state index contributed by atoms with van der Waals surface area (Å²) in [6.45, 7) is 6.55. The number of halogens is 1. The van der Waals surface area contributed by atoms with Gasteiger partial charge in [0.05, 0.1) is 11.8 Å². The fourth-order valence-electron chi connectivity index (χ4n) is 5.53. The number of amides is 2. The number of aliphatic hydroxyl groups excluding tert-OH is 1. The Balaban J connectivity index is 1.08. The SMILES string of the molecule is CC(=O)N1CCC(Cc2cc(C(=O)NC[C@H](O)CN3CCc4cc(OCc5ocnc5C)c(F)cc4C3)ncn2)CC1. The fraction of sp³-hybridized carbons (Fsp3) is 0.500. The van der Waals surface area contributed by atoms with Gasteiger partial charge in [-0.3, -0.25) is 14.5 Å². The van der Waals surface area contributed by atoms with E-state index >= 15 is 0 Å². The van der Waals surface area contributed by atoms with Crippen molar-refractivity contribution in [3.05, 3.63) is 70.7 Å². The number of aryl methyl sites for hydroxylation is 1. The van der Waals surface area contributed by atoms with Crippen LogP contribution in [0.1, 0.15) is 58.5 Å². The van der Waals surface area contributed by atoms with Gasteiger partial charge < -0.3 is 24.5 Å². The highest BCUT2D eigenvalue weighted by atomic mass is 19.1. The zero-order valence-electron chi connectivity index (χ0n) is 24.0. The highest BCUT2D eigenvalue weighted by Gasteiger charge is 2.24. The summed E-state index contributed by atoms with van der Waals surface area (Å²) in [6, 6.07) is 4.91. The van der Waals surface area contributed by atoms with Crippen LogP contribution in [0.5, 0.6) is 5.75 Å². The molecule has 12 heteroatoms. The molecule has 224 valence electrons. The van der Waals surface area contributed by atoms with Gasteiger partial charge in [0.15, 0.2) is 23.7 Å². The molecule has 1 saturated heterocycles. The second-order valence-electron chi connectivity index (χ2n) is 11.1. The Labute approximate surface area is 244 Å². The Morgan fingerprint density at radius 1 is 1.17 bits per heavy atom. The van der Waals surface area contributed by atoms with E-state index in [9.17, 15) is 19.1 Å². The lowest BCUT2D eigenvalue weighted by Gasteiger charge is -2.31. The summed E-state index contributed by atoms with van der Waals surface area (Å²) in [4.78, 5) is 40.7. The van der Waals surface area contributed by atoms with Gasteiger partial charge in [0, 0.05) is 51.9 Å². The number of piperidine rings is 1. The van der Waals surface area contributed by atoms with E-state index in [1.165, 1.54) is 18.8 Å². The number of hydrogen-bond acceptors (Lipinski definition) is 9. The summed E-state index contributed by atoms with van der Waals surface area (Å²) < 4.78 is 25.7.